The number of nitrogens with zero attached hydrogens (tertiary/aromatic N) is 1. The highest BCUT2D eigenvalue weighted by Crippen LogP contribution is 2.08. The lowest BCUT2D eigenvalue weighted by Crippen LogP contribution is -2.09. The van der Waals surface area contributed by atoms with Crippen molar-refractivity contribution < 1.29 is 0 Å². The Morgan fingerprint density at radius 3 is 2.50 bits per heavy atom. The predicted octanol–water partition coefficient (Wildman–Crippen LogP) is 2.34. The zero-order valence-electron chi connectivity index (χ0n) is 6.93. The van der Waals surface area contributed by atoms with Crippen molar-refractivity contribution in [3.63, 3.8) is 0 Å². The summed E-state index contributed by atoms with van der Waals surface area (Å²) in [5, 5.41) is 0. The first-order valence-corrected chi connectivity index (χ1v) is 3.51. The fourth-order valence-corrected chi connectivity index (χ4v) is 0.804. The summed E-state index contributed by atoms with van der Waals surface area (Å²) in [7, 11) is 0. The topological polar surface area (TPSA) is 38.9 Å². The molecule has 0 aliphatic rings. The summed E-state index contributed by atoms with van der Waals surface area (Å²) < 4.78 is 0. The molecule has 0 saturated carbocycles. The van der Waals surface area contributed by atoms with Gasteiger partial charge in [-0.05, 0) is 18.6 Å². The van der Waals surface area contributed by atoms with Crippen molar-refractivity contribution >= 4 is 24.8 Å². The Hall–Kier alpha value is -0.310. The van der Waals surface area contributed by atoms with E-state index in [2.05, 4.69) is 11.9 Å². The standard InChI is InChI=1S/C8H12N2.2ClH/c1-2-7(9)8-5-3-4-6-10-8;;/h3-7H,2,9H2,1H3;2*1H/t7-;;/m1../s1. The monoisotopic (exact) mass is 208 g/mol. The molecule has 4 heteroatoms. The summed E-state index contributed by atoms with van der Waals surface area (Å²) in [5.41, 5.74) is 6.71. The summed E-state index contributed by atoms with van der Waals surface area (Å²) in [6, 6.07) is 5.90. The largest absolute Gasteiger partial charge is 0.323 e. The van der Waals surface area contributed by atoms with E-state index in [-0.39, 0.29) is 30.9 Å². The molecular weight excluding hydrogens is 195 g/mol. The minimum Gasteiger partial charge on any atom is -0.323 e. The van der Waals surface area contributed by atoms with Gasteiger partial charge in [-0.2, -0.15) is 0 Å². The van der Waals surface area contributed by atoms with Gasteiger partial charge >= 0.3 is 0 Å². The van der Waals surface area contributed by atoms with E-state index in [0.717, 1.165) is 12.1 Å². The van der Waals surface area contributed by atoms with Crippen LogP contribution in [-0.2, 0) is 0 Å². The first kappa shape index (κ1) is 14.2. The molecule has 1 heterocycles. The van der Waals surface area contributed by atoms with Gasteiger partial charge in [0, 0.05) is 12.2 Å². The molecule has 0 unspecified atom stereocenters. The Kier molecular flexibility index (Phi) is 8.71. The minimum absolute atomic E-state index is 0. The second-order valence-electron chi connectivity index (χ2n) is 2.27. The van der Waals surface area contributed by atoms with E-state index in [1.165, 1.54) is 0 Å². The van der Waals surface area contributed by atoms with Crippen LogP contribution >= 0.6 is 24.8 Å². The van der Waals surface area contributed by atoms with Gasteiger partial charge in [0.2, 0.25) is 0 Å². The third kappa shape index (κ3) is 3.90. The minimum atomic E-state index is 0. The van der Waals surface area contributed by atoms with Crippen molar-refractivity contribution in [2.24, 2.45) is 5.73 Å². The lowest BCUT2D eigenvalue weighted by molar-refractivity contribution is 0.675. The number of rotatable bonds is 2. The molecule has 0 fully saturated rings. The molecule has 2 nitrogen and oxygen atoms in total. The number of nitrogens with two attached hydrogens (primary N) is 1. The molecule has 0 radical (unpaired) electrons. The van der Waals surface area contributed by atoms with Gasteiger partial charge in [0.05, 0.1) is 5.69 Å². The van der Waals surface area contributed by atoms with Gasteiger partial charge in [0.1, 0.15) is 0 Å². The van der Waals surface area contributed by atoms with E-state index in [4.69, 9.17) is 5.73 Å². The quantitative estimate of drug-likeness (QED) is 0.811. The maximum Gasteiger partial charge on any atom is 0.0570 e. The molecule has 12 heavy (non-hydrogen) atoms. The first-order valence-electron chi connectivity index (χ1n) is 3.51. The van der Waals surface area contributed by atoms with Crippen LogP contribution in [0, 0.1) is 0 Å². The molecule has 0 saturated heterocycles. The second kappa shape index (κ2) is 7.35. The molecule has 0 aliphatic heterocycles. The fourth-order valence-electron chi connectivity index (χ4n) is 0.804. The zero-order chi connectivity index (χ0) is 7.40. The van der Waals surface area contributed by atoms with Gasteiger partial charge in [0.15, 0.2) is 0 Å². The smallest absolute Gasteiger partial charge is 0.0570 e. The van der Waals surface area contributed by atoms with E-state index in [0.29, 0.717) is 0 Å². The number of hydrogen-bond acceptors (Lipinski definition) is 2. The van der Waals surface area contributed by atoms with Gasteiger partial charge in [-0.3, -0.25) is 4.98 Å². The Balaban J connectivity index is 0. The zero-order valence-corrected chi connectivity index (χ0v) is 8.57. The Labute approximate surface area is 85.4 Å². The Morgan fingerprint density at radius 2 is 2.08 bits per heavy atom. The summed E-state index contributed by atoms with van der Waals surface area (Å²) >= 11 is 0. The van der Waals surface area contributed by atoms with E-state index in [1.54, 1.807) is 6.20 Å². The molecule has 1 rings (SSSR count). The predicted molar refractivity (Wildman–Crippen MR) is 56.0 cm³/mol. The summed E-state index contributed by atoms with van der Waals surface area (Å²) in [6.07, 6.45) is 2.71. The first-order chi connectivity index (χ1) is 4.84. The average Bonchev–Trinajstić information content (AvgIpc) is 2.05. The number of pyridine rings is 1. The van der Waals surface area contributed by atoms with Crippen molar-refractivity contribution in [3.05, 3.63) is 30.1 Å². The molecule has 1 aromatic rings. The van der Waals surface area contributed by atoms with Crippen molar-refractivity contribution in [1.29, 1.82) is 0 Å². The molecular formula is C8H14Cl2N2. The summed E-state index contributed by atoms with van der Waals surface area (Å²) in [6.45, 7) is 2.05. The van der Waals surface area contributed by atoms with E-state index < -0.39 is 0 Å². The Bertz CT molecular complexity index is 192. The van der Waals surface area contributed by atoms with Crippen LogP contribution in [0.2, 0.25) is 0 Å². The van der Waals surface area contributed by atoms with Crippen LogP contribution in [0.3, 0.4) is 0 Å². The number of halogens is 2. The van der Waals surface area contributed by atoms with Crippen LogP contribution in [0.1, 0.15) is 25.1 Å². The number of hydrogen-bond donors (Lipinski definition) is 1. The molecule has 1 aromatic heterocycles. The molecule has 0 aromatic carbocycles. The average molecular weight is 209 g/mol. The van der Waals surface area contributed by atoms with Gasteiger partial charge in [0.25, 0.3) is 0 Å². The third-order valence-electron chi connectivity index (χ3n) is 1.51. The molecule has 0 amide bonds. The highest BCUT2D eigenvalue weighted by Gasteiger charge is 2.01. The molecule has 0 spiro atoms. The van der Waals surface area contributed by atoms with Crippen molar-refractivity contribution in [3.8, 4) is 0 Å². The maximum absolute atomic E-state index is 5.73. The molecule has 2 N–H and O–H groups in total. The van der Waals surface area contributed by atoms with Gasteiger partial charge in [-0.15, -0.1) is 24.8 Å². The van der Waals surface area contributed by atoms with Gasteiger partial charge in [-0.25, -0.2) is 0 Å². The van der Waals surface area contributed by atoms with Crippen molar-refractivity contribution in [2.75, 3.05) is 0 Å². The third-order valence-corrected chi connectivity index (χ3v) is 1.51. The van der Waals surface area contributed by atoms with E-state index in [9.17, 15) is 0 Å². The SMILES string of the molecule is CC[C@@H](N)c1ccccn1.Cl.Cl. The van der Waals surface area contributed by atoms with Crippen LogP contribution in [-0.4, -0.2) is 4.98 Å². The fraction of sp³-hybridized carbons (Fsp3) is 0.375. The highest BCUT2D eigenvalue weighted by molar-refractivity contribution is 5.85. The normalized spacial score (nSPS) is 10.8. The maximum atomic E-state index is 5.73. The van der Waals surface area contributed by atoms with Crippen molar-refractivity contribution in [2.45, 2.75) is 19.4 Å². The molecule has 1 atom stereocenters. The highest BCUT2D eigenvalue weighted by atomic mass is 35.5. The van der Waals surface area contributed by atoms with E-state index in [1.807, 2.05) is 18.2 Å². The lowest BCUT2D eigenvalue weighted by atomic mass is 10.1. The van der Waals surface area contributed by atoms with E-state index >= 15 is 0 Å². The van der Waals surface area contributed by atoms with Crippen molar-refractivity contribution in [1.82, 2.24) is 4.98 Å². The van der Waals surface area contributed by atoms with Crippen LogP contribution in [0.15, 0.2) is 24.4 Å². The lowest BCUT2D eigenvalue weighted by Gasteiger charge is -2.05. The van der Waals surface area contributed by atoms with Gasteiger partial charge < -0.3 is 5.73 Å². The Morgan fingerprint density at radius 1 is 1.42 bits per heavy atom. The molecule has 0 aliphatic carbocycles. The van der Waals surface area contributed by atoms with Crippen LogP contribution in [0.4, 0.5) is 0 Å². The van der Waals surface area contributed by atoms with Crippen LogP contribution < -0.4 is 5.73 Å². The van der Waals surface area contributed by atoms with Gasteiger partial charge in [-0.1, -0.05) is 13.0 Å². The summed E-state index contributed by atoms with van der Waals surface area (Å²) in [5.74, 6) is 0. The van der Waals surface area contributed by atoms with Crippen LogP contribution in [0.25, 0.3) is 0 Å². The molecule has 70 valence electrons. The summed E-state index contributed by atoms with van der Waals surface area (Å²) in [4.78, 5) is 4.12. The molecule has 0 bridgehead atoms. The second-order valence-corrected chi connectivity index (χ2v) is 2.27. The van der Waals surface area contributed by atoms with Crippen LogP contribution in [0.5, 0.6) is 0 Å². The number of aromatic nitrogens is 1.